The van der Waals surface area contributed by atoms with Crippen LogP contribution in [0, 0.1) is 5.92 Å². The molecule has 0 aromatic carbocycles. The molecule has 18 heavy (non-hydrogen) atoms. The highest BCUT2D eigenvalue weighted by atomic mass is 16.2. The zero-order valence-electron chi connectivity index (χ0n) is 11.5. The lowest BCUT2D eigenvalue weighted by atomic mass is 10.2. The van der Waals surface area contributed by atoms with Crippen LogP contribution in [0.2, 0.25) is 0 Å². The smallest absolute Gasteiger partial charge is 0.316 e. The molecule has 0 saturated carbocycles. The van der Waals surface area contributed by atoms with Crippen LogP contribution in [0.3, 0.4) is 0 Å². The molecule has 1 aliphatic heterocycles. The highest BCUT2D eigenvalue weighted by Crippen LogP contribution is 2.09. The van der Waals surface area contributed by atoms with Crippen LogP contribution in [0.15, 0.2) is 4.79 Å². The first-order valence-corrected chi connectivity index (χ1v) is 7.05. The molecule has 1 N–H and O–H groups in total. The Labute approximate surface area is 108 Å². The van der Waals surface area contributed by atoms with Crippen LogP contribution >= 0.6 is 0 Å². The summed E-state index contributed by atoms with van der Waals surface area (Å²) in [7, 11) is 0. The molecule has 2 heterocycles. The summed E-state index contributed by atoms with van der Waals surface area (Å²) in [6.07, 6.45) is 4.18. The first-order valence-electron chi connectivity index (χ1n) is 7.05. The molecule has 0 fully saturated rings. The van der Waals surface area contributed by atoms with Crippen molar-refractivity contribution in [3.8, 4) is 0 Å². The lowest BCUT2D eigenvalue weighted by molar-refractivity contribution is 0.493. The van der Waals surface area contributed by atoms with Crippen molar-refractivity contribution in [2.75, 3.05) is 13.1 Å². The largest absolute Gasteiger partial charge is 0.345 e. The van der Waals surface area contributed by atoms with Crippen molar-refractivity contribution in [1.29, 1.82) is 0 Å². The Morgan fingerprint density at radius 1 is 1.39 bits per heavy atom. The minimum absolute atomic E-state index is 0.0774. The standard InChI is InChI=1S/C13H24N4O/c1-11(2)10-14-7-5-9-17-13(18)16-8-4-3-6-12(16)15-17/h11,14H,3-10H2,1-2H3. The van der Waals surface area contributed by atoms with Crippen molar-refractivity contribution in [3.05, 3.63) is 16.3 Å². The molecule has 102 valence electrons. The number of aromatic nitrogens is 3. The minimum atomic E-state index is 0.0774. The summed E-state index contributed by atoms with van der Waals surface area (Å²) in [6, 6.07) is 0. The highest BCUT2D eigenvalue weighted by Gasteiger charge is 2.15. The minimum Gasteiger partial charge on any atom is -0.316 e. The Morgan fingerprint density at radius 2 is 2.22 bits per heavy atom. The molecule has 5 nitrogen and oxygen atoms in total. The molecular formula is C13H24N4O. The van der Waals surface area contributed by atoms with Crippen LogP contribution in [0.5, 0.6) is 0 Å². The maximum Gasteiger partial charge on any atom is 0.345 e. The normalized spacial score (nSPS) is 15.1. The van der Waals surface area contributed by atoms with Crippen LogP contribution in [0.1, 0.15) is 38.9 Å². The summed E-state index contributed by atoms with van der Waals surface area (Å²) in [5.74, 6) is 1.65. The van der Waals surface area contributed by atoms with E-state index in [-0.39, 0.29) is 5.69 Å². The molecule has 0 saturated heterocycles. The van der Waals surface area contributed by atoms with E-state index in [0.29, 0.717) is 5.92 Å². The predicted molar refractivity (Wildman–Crippen MR) is 71.7 cm³/mol. The molecule has 0 bridgehead atoms. The summed E-state index contributed by atoms with van der Waals surface area (Å²) >= 11 is 0. The average molecular weight is 252 g/mol. The van der Waals surface area contributed by atoms with Gasteiger partial charge >= 0.3 is 5.69 Å². The average Bonchev–Trinajstić information content (AvgIpc) is 2.66. The number of rotatable bonds is 6. The van der Waals surface area contributed by atoms with E-state index in [0.717, 1.165) is 57.7 Å². The fourth-order valence-corrected chi connectivity index (χ4v) is 2.34. The molecule has 0 amide bonds. The number of aryl methyl sites for hydroxylation is 2. The van der Waals surface area contributed by atoms with Gasteiger partial charge in [0.2, 0.25) is 0 Å². The van der Waals surface area contributed by atoms with Gasteiger partial charge in [0.25, 0.3) is 0 Å². The van der Waals surface area contributed by atoms with Gasteiger partial charge in [0.1, 0.15) is 5.82 Å². The van der Waals surface area contributed by atoms with Gasteiger partial charge in [-0.3, -0.25) is 4.57 Å². The van der Waals surface area contributed by atoms with E-state index in [1.807, 2.05) is 4.57 Å². The van der Waals surface area contributed by atoms with Crippen molar-refractivity contribution in [2.45, 2.75) is 52.6 Å². The van der Waals surface area contributed by atoms with E-state index < -0.39 is 0 Å². The Bertz CT molecular complexity index is 433. The molecule has 0 aliphatic carbocycles. The SMILES string of the molecule is CC(C)CNCCCn1nc2n(c1=O)CCCC2. The van der Waals surface area contributed by atoms with Gasteiger partial charge < -0.3 is 5.32 Å². The molecule has 5 heteroatoms. The Morgan fingerprint density at radius 3 is 2.94 bits per heavy atom. The second-order valence-corrected chi connectivity index (χ2v) is 5.48. The topological polar surface area (TPSA) is 51.9 Å². The van der Waals surface area contributed by atoms with Gasteiger partial charge in [-0.05, 0) is 38.3 Å². The molecule has 2 rings (SSSR count). The maximum absolute atomic E-state index is 12.0. The van der Waals surface area contributed by atoms with Gasteiger partial charge in [-0.1, -0.05) is 13.8 Å². The number of nitrogens with one attached hydrogen (secondary N) is 1. The van der Waals surface area contributed by atoms with E-state index >= 15 is 0 Å². The number of nitrogens with zero attached hydrogens (tertiary/aromatic N) is 3. The van der Waals surface area contributed by atoms with Crippen molar-refractivity contribution in [1.82, 2.24) is 19.7 Å². The van der Waals surface area contributed by atoms with E-state index in [1.165, 1.54) is 0 Å². The Kier molecular flexibility index (Phi) is 4.58. The van der Waals surface area contributed by atoms with Gasteiger partial charge in [-0.25, -0.2) is 9.48 Å². The zero-order valence-corrected chi connectivity index (χ0v) is 11.5. The Balaban J connectivity index is 1.83. The second-order valence-electron chi connectivity index (χ2n) is 5.48. The maximum atomic E-state index is 12.0. The molecule has 0 atom stereocenters. The van der Waals surface area contributed by atoms with Gasteiger partial charge in [-0.2, -0.15) is 5.10 Å². The molecule has 1 aromatic rings. The van der Waals surface area contributed by atoms with Gasteiger partial charge in [0, 0.05) is 19.5 Å². The van der Waals surface area contributed by atoms with E-state index in [9.17, 15) is 4.79 Å². The fourth-order valence-electron chi connectivity index (χ4n) is 2.34. The summed E-state index contributed by atoms with van der Waals surface area (Å²) in [5.41, 5.74) is 0.0774. The third-order valence-corrected chi connectivity index (χ3v) is 3.31. The van der Waals surface area contributed by atoms with Crippen molar-refractivity contribution in [2.24, 2.45) is 5.92 Å². The lowest BCUT2D eigenvalue weighted by Gasteiger charge is -2.09. The van der Waals surface area contributed by atoms with Gasteiger partial charge in [-0.15, -0.1) is 0 Å². The monoisotopic (exact) mass is 252 g/mol. The fraction of sp³-hybridized carbons (Fsp3) is 0.846. The molecule has 0 spiro atoms. The quantitative estimate of drug-likeness (QED) is 0.769. The third-order valence-electron chi connectivity index (χ3n) is 3.31. The first kappa shape index (κ1) is 13.3. The van der Waals surface area contributed by atoms with Crippen LogP contribution in [0.4, 0.5) is 0 Å². The number of hydrogen-bond acceptors (Lipinski definition) is 3. The van der Waals surface area contributed by atoms with E-state index in [1.54, 1.807) is 4.68 Å². The van der Waals surface area contributed by atoms with Crippen LogP contribution < -0.4 is 11.0 Å². The lowest BCUT2D eigenvalue weighted by Crippen LogP contribution is -2.28. The van der Waals surface area contributed by atoms with Gasteiger partial charge in [0.15, 0.2) is 0 Å². The van der Waals surface area contributed by atoms with E-state index in [4.69, 9.17) is 0 Å². The Hall–Kier alpha value is -1.10. The summed E-state index contributed by atoms with van der Waals surface area (Å²) in [5, 5.41) is 7.81. The van der Waals surface area contributed by atoms with Crippen molar-refractivity contribution < 1.29 is 0 Å². The third kappa shape index (κ3) is 3.22. The van der Waals surface area contributed by atoms with Crippen LogP contribution in [-0.4, -0.2) is 27.4 Å². The predicted octanol–water partition coefficient (Wildman–Crippen LogP) is 1.02. The molecule has 1 aliphatic rings. The zero-order chi connectivity index (χ0) is 13.0. The number of fused-ring (bicyclic) bond motifs is 1. The van der Waals surface area contributed by atoms with Gasteiger partial charge in [0.05, 0.1) is 0 Å². The first-order chi connectivity index (χ1) is 8.68. The summed E-state index contributed by atoms with van der Waals surface area (Å²) < 4.78 is 3.47. The van der Waals surface area contributed by atoms with E-state index in [2.05, 4.69) is 24.3 Å². The van der Waals surface area contributed by atoms with Crippen molar-refractivity contribution in [3.63, 3.8) is 0 Å². The summed E-state index contributed by atoms with van der Waals surface area (Å²) in [6.45, 7) is 7.95. The molecule has 0 radical (unpaired) electrons. The van der Waals surface area contributed by atoms with Crippen molar-refractivity contribution >= 4 is 0 Å². The second kappa shape index (κ2) is 6.18. The summed E-state index contributed by atoms with van der Waals surface area (Å²) in [4.78, 5) is 12.0. The highest BCUT2D eigenvalue weighted by molar-refractivity contribution is 4.91. The van der Waals surface area contributed by atoms with Crippen LogP contribution in [0.25, 0.3) is 0 Å². The number of hydrogen-bond donors (Lipinski definition) is 1. The van der Waals surface area contributed by atoms with Crippen LogP contribution in [-0.2, 0) is 19.5 Å². The molecule has 0 unspecified atom stereocenters. The molecular weight excluding hydrogens is 228 g/mol. The molecule has 1 aromatic heterocycles.